The van der Waals surface area contributed by atoms with Crippen LogP contribution in [0.4, 0.5) is 5.69 Å². The van der Waals surface area contributed by atoms with E-state index in [0.717, 1.165) is 55.7 Å². The Labute approximate surface area is 272 Å². The number of nitrogens with zero attached hydrogens (tertiary/aromatic N) is 1. The van der Waals surface area contributed by atoms with Gasteiger partial charge in [-0.25, -0.2) is 0 Å². The van der Waals surface area contributed by atoms with Gasteiger partial charge in [-0.05, 0) is 98.7 Å². The van der Waals surface area contributed by atoms with Crippen molar-refractivity contribution in [3.05, 3.63) is 125 Å². The fourth-order valence-electron chi connectivity index (χ4n) is 5.52. The Morgan fingerprint density at radius 1 is 0.833 bits per heavy atom. The van der Waals surface area contributed by atoms with Gasteiger partial charge in [-0.3, -0.25) is 4.79 Å². The van der Waals surface area contributed by atoms with Gasteiger partial charge in [0.05, 0.1) is 0 Å². The van der Waals surface area contributed by atoms with Crippen molar-refractivity contribution in [3.63, 3.8) is 0 Å². The molecule has 0 aliphatic heterocycles. The van der Waals surface area contributed by atoms with Crippen LogP contribution in [0.1, 0.15) is 71.0 Å². The van der Waals surface area contributed by atoms with Crippen molar-refractivity contribution in [2.75, 3.05) is 11.9 Å². The van der Waals surface area contributed by atoms with Gasteiger partial charge in [0.2, 0.25) is 0 Å². The van der Waals surface area contributed by atoms with Crippen molar-refractivity contribution < 1.29 is 44.3 Å². The van der Waals surface area contributed by atoms with Crippen molar-refractivity contribution in [3.8, 4) is 0 Å². The quantitative estimate of drug-likeness (QED) is 0.165. The van der Waals surface area contributed by atoms with Crippen molar-refractivity contribution in [2.24, 2.45) is 13.0 Å². The summed E-state index contributed by atoms with van der Waals surface area (Å²) in [6.07, 6.45) is 6.18. The van der Waals surface area contributed by atoms with Crippen LogP contribution in [0.3, 0.4) is 0 Å². The van der Waals surface area contributed by atoms with Crippen LogP contribution in [0, 0.1) is 5.92 Å². The second-order valence-corrected chi connectivity index (χ2v) is 10.8. The van der Waals surface area contributed by atoms with E-state index in [4.69, 9.17) is 0 Å². The third-order valence-corrected chi connectivity index (χ3v) is 7.96. The zero-order chi connectivity index (χ0) is 29.0. The minimum atomic E-state index is -1.04. The van der Waals surface area contributed by atoms with Gasteiger partial charge in [-0.1, -0.05) is 67.6 Å². The summed E-state index contributed by atoms with van der Waals surface area (Å²) in [7, 11) is 1.95. The molecule has 1 aromatic heterocycles. The molecule has 3 aromatic carbocycles. The van der Waals surface area contributed by atoms with Gasteiger partial charge in [-0.2, -0.15) is 0 Å². The number of carbonyl (C=O) groups is 2. The number of aliphatic carboxylic acids is 1. The minimum Gasteiger partial charge on any atom is -0.550 e. The van der Waals surface area contributed by atoms with Crippen molar-refractivity contribution in [1.82, 2.24) is 4.57 Å². The van der Waals surface area contributed by atoms with E-state index in [2.05, 4.69) is 66.0 Å². The van der Waals surface area contributed by atoms with Gasteiger partial charge in [0.1, 0.15) is 0 Å². The maximum atomic E-state index is 13.5. The summed E-state index contributed by atoms with van der Waals surface area (Å²) in [5.41, 5.74) is 7.05. The van der Waals surface area contributed by atoms with Crippen molar-refractivity contribution in [2.45, 2.75) is 58.3 Å². The number of anilines is 1. The SMILES string of the molecule is CCc1c(C(=O)c2ccc(NCC(CCc3ccccc3)CCc3ccccc3)cc2)cc(CCCC(=O)[O-])n1C.[Na+]. The molecule has 0 bridgehead atoms. The second-order valence-electron chi connectivity index (χ2n) is 10.8. The molecule has 4 aromatic rings. The first kappa shape index (κ1) is 33.4. The Morgan fingerprint density at radius 3 is 1.93 bits per heavy atom. The molecule has 214 valence electrons. The largest absolute Gasteiger partial charge is 1.00 e. The maximum absolute atomic E-state index is 13.5. The van der Waals surface area contributed by atoms with Gasteiger partial charge in [0, 0.05) is 47.8 Å². The maximum Gasteiger partial charge on any atom is 1.00 e. The number of carbonyl (C=O) groups excluding carboxylic acids is 2. The Hall–Kier alpha value is -3.12. The summed E-state index contributed by atoms with van der Waals surface area (Å²) in [5.74, 6) is -0.527. The summed E-state index contributed by atoms with van der Waals surface area (Å²) in [5, 5.41) is 14.4. The van der Waals surface area contributed by atoms with Crippen LogP contribution < -0.4 is 40.0 Å². The summed E-state index contributed by atoms with van der Waals surface area (Å²) in [6, 6.07) is 31.0. The van der Waals surface area contributed by atoms with Crippen LogP contribution in [-0.2, 0) is 37.5 Å². The van der Waals surface area contributed by atoms with Gasteiger partial charge < -0.3 is 19.8 Å². The topological polar surface area (TPSA) is 74.2 Å². The van der Waals surface area contributed by atoms with E-state index in [1.54, 1.807) is 0 Å². The smallest absolute Gasteiger partial charge is 0.550 e. The molecule has 0 aliphatic rings. The molecule has 0 aliphatic carbocycles. The van der Waals surface area contributed by atoms with Gasteiger partial charge in [-0.15, -0.1) is 0 Å². The molecule has 5 nitrogen and oxygen atoms in total. The molecular formula is C36H41N2NaO3. The van der Waals surface area contributed by atoms with E-state index >= 15 is 0 Å². The Bertz CT molecular complexity index is 1360. The molecule has 6 heteroatoms. The number of aryl methyl sites for hydroxylation is 3. The standard InChI is InChI=1S/C36H42N2O3.Na/c1-3-34-33(25-32(38(34)2)15-10-16-35(39)40)36(41)30-21-23-31(24-22-30)37-26-29(19-17-27-11-6-4-7-12-27)20-18-28-13-8-5-9-14-28;/h4-9,11-14,21-25,29,37H,3,10,15-20,26H2,1-2H3,(H,39,40);/q;+1/p-1. The van der Waals surface area contributed by atoms with Crippen molar-refractivity contribution in [1.29, 1.82) is 0 Å². The predicted octanol–water partition coefficient (Wildman–Crippen LogP) is 3.19. The number of hydrogen-bond donors (Lipinski definition) is 1. The molecule has 0 radical (unpaired) electrons. The first-order chi connectivity index (χ1) is 19.9. The van der Waals surface area contributed by atoms with Crippen LogP contribution in [-0.4, -0.2) is 22.9 Å². The molecule has 0 atom stereocenters. The number of ketones is 1. The Balaban J connectivity index is 0.00000484. The van der Waals surface area contributed by atoms with Gasteiger partial charge >= 0.3 is 29.6 Å². The first-order valence-electron chi connectivity index (χ1n) is 14.8. The normalized spacial score (nSPS) is 10.8. The van der Waals surface area contributed by atoms with E-state index in [9.17, 15) is 14.7 Å². The fraction of sp³-hybridized carbons (Fsp3) is 0.333. The molecule has 0 saturated carbocycles. The number of rotatable bonds is 16. The Morgan fingerprint density at radius 2 is 1.40 bits per heavy atom. The average Bonchev–Trinajstić information content (AvgIpc) is 3.32. The monoisotopic (exact) mass is 572 g/mol. The van der Waals surface area contributed by atoms with Gasteiger partial charge in [0.25, 0.3) is 0 Å². The molecule has 0 saturated heterocycles. The van der Waals surface area contributed by atoms with Crippen LogP contribution in [0.15, 0.2) is 91.0 Å². The van der Waals surface area contributed by atoms with E-state index in [1.807, 2.05) is 48.9 Å². The van der Waals surface area contributed by atoms with Crippen LogP contribution in [0.25, 0.3) is 0 Å². The van der Waals surface area contributed by atoms with Crippen LogP contribution >= 0.6 is 0 Å². The number of hydrogen-bond acceptors (Lipinski definition) is 4. The summed E-state index contributed by atoms with van der Waals surface area (Å²) in [4.78, 5) is 24.3. The minimum absolute atomic E-state index is 0. The third kappa shape index (κ3) is 9.72. The van der Waals surface area contributed by atoms with Crippen LogP contribution in [0.2, 0.25) is 0 Å². The van der Waals surface area contributed by atoms with E-state index in [1.165, 1.54) is 11.1 Å². The zero-order valence-corrected chi connectivity index (χ0v) is 27.3. The molecule has 0 unspecified atom stereocenters. The number of benzene rings is 3. The number of nitrogens with one attached hydrogen (secondary N) is 1. The number of carboxylic acid groups (broad SMARTS) is 1. The average molecular weight is 573 g/mol. The molecule has 4 rings (SSSR count). The molecule has 0 amide bonds. The second kappa shape index (κ2) is 17.1. The summed E-state index contributed by atoms with van der Waals surface area (Å²) in [6.45, 7) is 2.91. The fourth-order valence-corrected chi connectivity index (χ4v) is 5.52. The molecule has 1 N–H and O–H groups in total. The molecular weight excluding hydrogens is 531 g/mol. The predicted molar refractivity (Wildman–Crippen MR) is 164 cm³/mol. The first-order valence-corrected chi connectivity index (χ1v) is 14.8. The van der Waals surface area contributed by atoms with E-state index in [0.29, 0.717) is 29.9 Å². The summed E-state index contributed by atoms with van der Waals surface area (Å²) >= 11 is 0. The zero-order valence-electron chi connectivity index (χ0n) is 25.3. The number of carboxylic acids is 1. The molecule has 0 spiro atoms. The van der Waals surface area contributed by atoms with E-state index in [-0.39, 0.29) is 41.8 Å². The van der Waals surface area contributed by atoms with Gasteiger partial charge in [0.15, 0.2) is 5.78 Å². The molecule has 1 heterocycles. The molecule has 0 fully saturated rings. The van der Waals surface area contributed by atoms with E-state index < -0.39 is 5.97 Å². The van der Waals surface area contributed by atoms with Crippen molar-refractivity contribution >= 4 is 17.4 Å². The third-order valence-electron chi connectivity index (χ3n) is 7.96. The molecule has 42 heavy (non-hydrogen) atoms. The Kier molecular flexibility index (Phi) is 13.6. The van der Waals surface area contributed by atoms with Crippen LogP contribution in [0.5, 0.6) is 0 Å². The number of aromatic nitrogens is 1. The summed E-state index contributed by atoms with van der Waals surface area (Å²) < 4.78 is 2.03.